The molecular weight excluding hydrogens is 539 g/mol. The summed E-state index contributed by atoms with van der Waals surface area (Å²) in [6, 6.07) is 13.4. The molecule has 0 saturated carbocycles. The van der Waals surface area contributed by atoms with E-state index in [0.717, 1.165) is 46.6 Å². The first kappa shape index (κ1) is 32.7. The molecule has 1 unspecified atom stereocenters. The molecule has 2 aromatic carbocycles. The van der Waals surface area contributed by atoms with Gasteiger partial charge in [0.2, 0.25) is 0 Å². The molecule has 0 aliphatic rings. The Morgan fingerprint density at radius 1 is 0.775 bits per heavy atom. The summed E-state index contributed by atoms with van der Waals surface area (Å²) < 4.78 is 5.52. The summed E-state index contributed by atoms with van der Waals surface area (Å²) in [5, 5.41) is 13.6. The molecule has 40 heavy (non-hydrogen) atoms. The number of aliphatic hydroxyl groups is 1. The van der Waals surface area contributed by atoms with Crippen LogP contribution in [0.25, 0.3) is 22.2 Å². The minimum atomic E-state index is -0.653. The van der Waals surface area contributed by atoms with E-state index in [1.54, 1.807) is 13.2 Å². The predicted octanol–water partition coefficient (Wildman–Crippen LogP) is 10.3. The van der Waals surface area contributed by atoms with E-state index in [4.69, 9.17) is 32.9 Å². The highest BCUT2D eigenvalue weighted by Crippen LogP contribution is 2.34. The largest absolute Gasteiger partial charge is 0.497 e. The fourth-order valence-corrected chi connectivity index (χ4v) is 5.60. The van der Waals surface area contributed by atoms with Crippen LogP contribution in [-0.2, 0) is 0 Å². The fourth-order valence-electron chi connectivity index (χ4n) is 5.31. The van der Waals surface area contributed by atoms with Gasteiger partial charge in [0.05, 0.1) is 34.5 Å². The van der Waals surface area contributed by atoms with Gasteiger partial charge in [-0.3, -0.25) is 0 Å². The smallest absolute Gasteiger partial charge is 0.119 e. The van der Waals surface area contributed by atoms with E-state index in [2.05, 4.69) is 18.7 Å². The lowest BCUT2D eigenvalue weighted by molar-refractivity contribution is 0.111. The first-order valence-corrected chi connectivity index (χ1v) is 16.1. The molecule has 0 aliphatic heterocycles. The molecule has 0 spiro atoms. The number of hydrogen-bond donors (Lipinski definition) is 1. The predicted molar refractivity (Wildman–Crippen MR) is 172 cm³/mol. The number of pyridine rings is 1. The number of methoxy groups -OCH3 is 1. The van der Waals surface area contributed by atoms with Gasteiger partial charge in [-0.2, -0.15) is 0 Å². The number of aliphatic hydroxyl groups excluding tert-OH is 1. The van der Waals surface area contributed by atoms with Crippen LogP contribution in [0.2, 0.25) is 10.0 Å². The first-order valence-electron chi connectivity index (χ1n) is 15.3. The molecule has 3 aromatic rings. The monoisotopic (exact) mass is 586 g/mol. The Kier molecular flexibility index (Phi) is 14.6. The normalized spacial score (nSPS) is 12.4. The van der Waals surface area contributed by atoms with E-state index in [9.17, 15) is 5.11 Å². The van der Waals surface area contributed by atoms with Crippen LogP contribution in [0.3, 0.4) is 0 Å². The van der Waals surface area contributed by atoms with Crippen LogP contribution in [0.1, 0.15) is 103 Å². The summed E-state index contributed by atoms with van der Waals surface area (Å²) >= 11 is 12.5. The van der Waals surface area contributed by atoms with Crippen LogP contribution in [0.15, 0.2) is 42.5 Å². The summed E-state index contributed by atoms with van der Waals surface area (Å²) in [4.78, 5) is 7.37. The fraction of sp³-hybridized carbons (Fsp3) is 0.559. The van der Waals surface area contributed by atoms with Crippen LogP contribution >= 0.6 is 23.2 Å². The Balaban J connectivity index is 1.82. The molecule has 1 atom stereocenters. The van der Waals surface area contributed by atoms with Crippen molar-refractivity contribution in [2.24, 2.45) is 0 Å². The van der Waals surface area contributed by atoms with Gasteiger partial charge in [-0.05, 0) is 67.9 Å². The van der Waals surface area contributed by atoms with Gasteiger partial charge >= 0.3 is 0 Å². The van der Waals surface area contributed by atoms with Gasteiger partial charge in [-0.15, -0.1) is 0 Å². The van der Waals surface area contributed by atoms with Crippen LogP contribution in [0.5, 0.6) is 5.75 Å². The zero-order chi connectivity index (χ0) is 28.7. The van der Waals surface area contributed by atoms with Crippen molar-refractivity contribution in [1.29, 1.82) is 0 Å². The third kappa shape index (κ3) is 10.2. The molecule has 1 aromatic heterocycles. The molecule has 0 fully saturated rings. The number of benzene rings is 2. The summed E-state index contributed by atoms with van der Waals surface area (Å²) in [6.07, 6.45) is 14.6. The minimum Gasteiger partial charge on any atom is -0.497 e. The Morgan fingerprint density at radius 2 is 1.40 bits per heavy atom. The second-order valence-electron chi connectivity index (χ2n) is 11.0. The standard InChI is InChI=1S/C34H48Cl2N2O2/c1-4-6-8-10-12-14-20-38(21-15-13-11-9-7-5-2)25-34(39)29-24-33(26-16-18-30(35)31(36)22-26)37-32-19-17-27(40-3)23-28(29)32/h16-19,22-24,34,39H,4-15,20-21,25H2,1-3H3. The molecule has 0 amide bonds. The van der Waals surface area contributed by atoms with Crippen molar-refractivity contribution in [3.05, 3.63) is 58.1 Å². The molecule has 220 valence electrons. The van der Waals surface area contributed by atoms with Gasteiger partial charge in [-0.1, -0.05) is 107 Å². The van der Waals surface area contributed by atoms with E-state index in [-0.39, 0.29) is 0 Å². The highest BCUT2D eigenvalue weighted by atomic mass is 35.5. The molecule has 0 bridgehead atoms. The molecular formula is C34H48Cl2N2O2. The number of rotatable bonds is 19. The molecule has 6 heteroatoms. The lowest BCUT2D eigenvalue weighted by Gasteiger charge is -2.26. The van der Waals surface area contributed by atoms with Gasteiger partial charge in [-0.25, -0.2) is 4.98 Å². The van der Waals surface area contributed by atoms with E-state index >= 15 is 0 Å². The number of hydrogen-bond acceptors (Lipinski definition) is 4. The molecule has 0 radical (unpaired) electrons. The minimum absolute atomic E-state index is 0.488. The van der Waals surface area contributed by atoms with Crippen LogP contribution in [0, 0.1) is 0 Å². The van der Waals surface area contributed by atoms with Crippen molar-refractivity contribution in [2.45, 2.75) is 97.0 Å². The second-order valence-corrected chi connectivity index (χ2v) is 11.8. The quantitative estimate of drug-likeness (QED) is 0.142. The van der Waals surface area contributed by atoms with Crippen molar-refractivity contribution in [3.63, 3.8) is 0 Å². The van der Waals surface area contributed by atoms with Crippen LogP contribution < -0.4 is 4.74 Å². The Morgan fingerprint density at radius 3 is 2.00 bits per heavy atom. The van der Waals surface area contributed by atoms with Crippen molar-refractivity contribution in [1.82, 2.24) is 9.88 Å². The lowest BCUT2D eigenvalue weighted by atomic mass is 9.99. The molecule has 0 saturated heterocycles. The van der Waals surface area contributed by atoms with Crippen molar-refractivity contribution in [3.8, 4) is 17.0 Å². The molecule has 1 heterocycles. The summed E-state index contributed by atoms with van der Waals surface area (Å²) in [7, 11) is 1.66. The molecule has 3 rings (SSSR count). The van der Waals surface area contributed by atoms with E-state index in [0.29, 0.717) is 16.6 Å². The third-order valence-electron chi connectivity index (χ3n) is 7.71. The maximum absolute atomic E-state index is 11.7. The van der Waals surface area contributed by atoms with E-state index in [1.807, 2.05) is 36.4 Å². The van der Waals surface area contributed by atoms with Crippen molar-refractivity contribution in [2.75, 3.05) is 26.7 Å². The van der Waals surface area contributed by atoms with Gasteiger partial charge in [0.1, 0.15) is 5.75 Å². The molecule has 1 N–H and O–H groups in total. The maximum atomic E-state index is 11.7. The maximum Gasteiger partial charge on any atom is 0.119 e. The Hall–Kier alpha value is -1.85. The second kappa shape index (κ2) is 17.9. The number of halogens is 2. The number of ether oxygens (including phenoxy) is 1. The Bertz CT molecular complexity index is 1150. The third-order valence-corrected chi connectivity index (χ3v) is 8.45. The Labute approximate surface area is 252 Å². The highest BCUT2D eigenvalue weighted by Gasteiger charge is 2.19. The molecule has 0 aliphatic carbocycles. The number of aromatic nitrogens is 1. The topological polar surface area (TPSA) is 45.6 Å². The van der Waals surface area contributed by atoms with Crippen LogP contribution in [-0.4, -0.2) is 41.7 Å². The zero-order valence-corrected chi connectivity index (χ0v) is 26.2. The van der Waals surface area contributed by atoms with Gasteiger partial charge in [0.15, 0.2) is 0 Å². The van der Waals surface area contributed by atoms with Crippen LogP contribution in [0.4, 0.5) is 0 Å². The van der Waals surface area contributed by atoms with Gasteiger partial charge in [0.25, 0.3) is 0 Å². The average molecular weight is 588 g/mol. The molecule has 4 nitrogen and oxygen atoms in total. The number of unbranched alkanes of at least 4 members (excludes halogenated alkanes) is 10. The summed E-state index contributed by atoms with van der Waals surface area (Å²) in [5.74, 6) is 0.751. The van der Waals surface area contributed by atoms with Gasteiger partial charge < -0.3 is 14.7 Å². The van der Waals surface area contributed by atoms with Gasteiger partial charge in [0, 0.05) is 17.5 Å². The van der Waals surface area contributed by atoms with Crippen molar-refractivity contribution >= 4 is 34.1 Å². The summed E-state index contributed by atoms with van der Waals surface area (Å²) in [5.41, 5.74) is 3.32. The highest BCUT2D eigenvalue weighted by molar-refractivity contribution is 6.42. The van der Waals surface area contributed by atoms with E-state index < -0.39 is 6.10 Å². The van der Waals surface area contributed by atoms with Crippen molar-refractivity contribution < 1.29 is 9.84 Å². The van der Waals surface area contributed by atoms with E-state index in [1.165, 1.54) is 77.0 Å². The average Bonchev–Trinajstić information content (AvgIpc) is 2.96. The summed E-state index contributed by atoms with van der Waals surface area (Å²) in [6.45, 7) is 7.15. The zero-order valence-electron chi connectivity index (χ0n) is 24.7. The number of fused-ring (bicyclic) bond motifs is 1. The SMILES string of the molecule is CCCCCCCCN(CCCCCCCC)CC(O)c1cc(-c2ccc(Cl)c(Cl)c2)nc2ccc(OC)cc12. The number of nitrogens with zero attached hydrogens (tertiary/aromatic N) is 2. The lowest BCUT2D eigenvalue weighted by Crippen LogP contribution is -2.31. The first-order chi connectivity index (χ1) is 19.5.